The molecular weight excluding hydrogens is 462 g/mol. The van der Waals surface area contributed by atoms with Crippen molar-refractivity contribution < 1.29 is 17.9 Å². The first-order valence-corrected chi connectivity index (χ1v) is 13.2. The zero-order valence-electron chi connectivity index (χ0n) is 19.9. The second-order valence-electron chi connectivity index (χ2n) is 8.55. The van der Waals surface area contributed by atoms with E-state index in [0.717, 1.165) is 17.9 Å². The Kier molecular flexibility index (Phi) is 8.17. The summed E-state index contributed by atoms with van der Waals surface area (Å²) < 4.78 is 33.2. The van der Waals surface area contributed by atoms with Crippen LogP contribution in [0.5, 0.6) is 5.75 Å². The van der Waals surface area contributed by atoms with Gasteiger partial charge in [0.05, 0.1) is 12.0 Å². The molecule has 0 spiro atoms. The Morgan fingerprint density at radius 1 is 0.886 bits per heavy atom. The molecular formula is C27H31N3O4S. The summed E-state index contributed by atoms with van der Waals surface area (Å²) in [5, 5.41) is 2.88. The molecule has 3 aromatic rings. The maximum atomic E-state index is 13.2. The molecule has 0 atom stereocenters. The average Bonchev–Trinajstić information content (AvgIpc) is 2.90. The van der Waals surface area contributed by atoms with Crippen LogP contribution in [0.1, 0.15) is 21.5 Å². The SMILES string of the molecule is COc1ccc(CCNC(=O)c2cccc(S(=O)(=O)N3CCN(Cc4ccccc4)CC3)c2)cc1. The maximum Gasteiger partial charge on any atom is 0.251 e. The lowest BCUT2D eigenvalue weighted by atomic mass is 10.1. The number of carbonyl (C=O) groups is 1. The first kappa shape index (κ1) is 24.9. The van der Waals surface area contributed by atoms with Crippen molar-refractivity contribution in [2.75, 3.05) is 39.8 Å². The van der Waals surface area contributed by atoms with Gasteiger partial charge in [0, 0.05) is 44.8 Å². The van der Waals surface area contributed by atoms with E-state index >= 15 is 0 Å². The molecule has 0 bridgehead atoms. The fourth-order valence-electron chi connectivity index (χ4n) is 4.13. The summed E-state index contributed by atoms with van der Waals surface area (Å²) in [6, 6.07) is 24.1. The van der Waals surface area contributed by atoms with E-state index in [1.54, 1.807) is 25.3 Å². The monoisotopic (exact) mass is 493 g/mol. The highest BCUT2D eigenvalue weighted by molar-refractivity contribution is 7.89. The summed E-state index contributed by atoms with van der Waals surface area (Å²) in [5.41, 5.74) is 2.63. The Balaban J connectivity index is 1.32. The third-order valence-corrected chi connectivity index (χ3v) is 8.07. The fraction of sp³-hybridized carbons (Fsp3) is 0.296. The first-order chi connectivity index (χ1) is 17.0. The van der Waals surface area contributed by atoms with Crippen molar-refractivity contribution in [1.29, 1.82) is 0 Å². The second kappa shape index (κ2) is 11.5. The lowest BCUT2D eigenvalue weighted by Gasteiger charge is -2.34. The molecule has 7 nitrogen and oxygen atoms in total. The Bertz CT molecular complexity index is 1220. The van der Waals surface area contributed by atoms with Crippen molar-refractivity contribution in [3.05, 3.63) is 95.6 Å². The molecule has 8 heteroatoms. The largest absolute Gasteiger partial charge is 0.497 e. The van der Waals surface area contributed by atoms with Gasteiger partial charge in [-0.25, -0.2) is 8.42 Å². The summed E-state index contributed by atoms with van der Waals surface area (Å²) in [5.74, 6) is 0.497. The van der Waals surface area contributed by atoms with Gasteiger partial charge in [-0.1, -0.05) is 48.5 Å². The lowest BCUT2D eigenvalue weighted by molar-refractivity contribution is 0.0954. The van der Waals surface area contributed by atoms with E-state index in [0.29, 0.717) is 44.7 Å². The highest BCUT2D eigenvalue weighted by Gasteiger charge is 2.29. The van der Waals surface area contributed by atoms with Crippen LogP contribution in [0.2, 0.25) is 0 Å². The molecule has 3 aromatic carbocycles. The Labute approximate surface area is 207 Å². The number of nitrogens with one attached hydrogen (secondary N) is 1. The zero-order chi connectivity index (χ0) is 24.7. The molecule has 0 aliphatic carbocycles. The molecule has 184 valence electrons. The maximum absolute atomic E-state index is 13.2. The van der Waals surface area contributed by atoms with E-state index < -0.39 is 10.0 Å². The molecule has 1 aliphatic heterocycles. The Hall–Kier alpha value is -3.20. The minimum Gasteiger partial charge on any atom is -0.497 e. The van der Waals surface area contributed by atoms with E-state index in [4.69, 9.17) is 4.74 Å². The van der Waals surface area contributed by atoms with E-state index in [-0.39, 0.29) is 10.8 Å². The molecule has 1 amide bonds. The van der Waals surface area contributed by atoms with Gasteiger partial charge in [0.25, 0.3) is 5.91 Å². The van der Waals surface area contributed by atoms with Gasteiger partial charge in [-0.2, -0.15) is 4.31 Å². The van der Waals surface area contributed by atoms with Crippen LogP contribution in [-0.4, -0.2) is 63.4 Å². The second-order valence-corrected chi connectivity index (χ2v) is 10.5. The van der Waals surface area contributed by atoms with Gasteiger partial charge < -0.3 is 10.1 Å². The van der Waals surface area contributed by atoms with E-state index in [9.17, 15) is 13.2 Å². The van der Waals surface area contributed by atoms with Crippen molar-refractivity contribution in [2.24, 2.45) is 0 Å². The highest BCUT2D eigenvalue weighted by Crippen LogP contribution is 2.20. The molecule has 4 rings (SSSR count). The van der Waals surface area contributed by atoms with Crippen LogP contribution < -0.4 is 10.1 Å². The molecule has 1 N–H and O–H groups in total. The van der Waals surface area contributed by atoms with Gasteiger partial charge in [-0.05, 0) is 47.9 Å². The van der Waals surface area contributed by atoms with Crippen molar-refractivity contribution in [3.8, 4) is 5.75 Å². The zero-order valence-corrected chi connectivity index (χ0v) is 20.7. The summed E-state index contributed by atoms with van der Waals surface area (Å²) in [6.45, 7) is 3.44. The van der Waals surface area contributed by atoms with Gasteiger partial charge in [0.1, 0.15) is 5.75 Å². The summed E-state index contributed by atoms with van der Waals surface area (Å²) in [7, 11) is -2.05. The Morgan fingerprint density at radius 2 is 1.60 bits per heavy atom. The summed E-state index contributed by atoms with van der Waals surface area (Å²) in [6.07, 6.45) is 0.668. The quantitative estimate of drug-likeness (QED) is 0.495. The number of carbonyl (C=O) groups excluding carboxylic acids is 1. The van der Waals surface area contributed by atoms with Gasteiger partial charge in [0.15, 0.2) is 0 Å². The average molecular weight is 494 g/mol. The molecule has 1 aliphatic rings. The highest BCUT2D eigenvalue weighted by atomic mass is 32.2. The van der Waals surface area contributed by atoms with E-state index in [2.05, 4.69) is 22.3 Å². The number of ether oxygens (including phenoxy) is 1. The molecule has 1 fully saturated rings. The van der Waals surface area contributed by atoms with Crippen LogP contribution >= 0.6 is 0 Å². The number of hydrogen-bond acceptors (Lipinski definition) is 5. The molecule has 0 aromatic heterocycles. The third kappa shape index (κ3) is 6.48. The number of methoxy groups -OCH3 is 1. The van der Waals surface area contributed by atoms with Crippen LogP contribution in [-0.2, 0) is 23.0 Å². The molecule has 1 heterocycles. The number of benzene rings is 3. The number of piperazine rings is 1. The predicted molar refractivity (Wildman–Crippen MR) is 136 cm³/mol. The van der Waals surface area contributed by atoms with Crippen LogP contribution in [0.3, 0.4) is 0 Å². The molecule has 1 saturated heterocycles. The number of hydrogen-bond donors (Lipinski definition) is 1. The minimum atomic E-state index is -3.67. The van der Waals surface area contributed by atoms with Crippen molar-refractivity contribution in [1.82, 2.24) is 14.5 Å². The normalized spacial score (nSPS) is 15.0. The van der Waals surface area contributed by atoms with Gasteiger partial charge in [-0.3, -0.25) is 9.69 Å². The van der Waals surface area contributed by atoms with Crippen molar-refractivity contribution in [3.63, 3.8) is 0 Å². The van der Waals surface area contributed by atoms with Crippen molar-refractivity contribution >= 4 is 15.9 Å². The van der Waals surface area contributed by atoms with Gasteiger partial charge in [-0.15, -0.1) is 0 Å². The van der Waals surface area contributed by atoms with Crippen LogP contribution in [0.15, 0.2) is 83.8 Å². The minimum absolute atomic E-state index is 0.150. The fourth-order valence-corrected chi connectivity index (χ4v) is 5.60. The number of sulfonamides is 1. The first-order valence-electron chi connectivity index (χ1n) is 11.7. The van der Waals surface area contributed by atoms with E-state index in [1.165, 1.54) is 15.9 Å². The molecule has 35 heavy (non-hydrogen) atoms. The van der Waals surface area contributed by atoms with Crippen LogP contribution in [0.25, 0.3) is 0 Å². The number of nitrogens with zero attached hydrogens (tertiary/aromatic N) is 2. The third-order valence-electron chi connectivity index (χ3n) is 6.17. The van der Waals surface area contributed by atoms with Crippen LogP contribution in [0, 0.1) is 0 Å². The van der Waals surface area contributed by atoms with Crippen molar-refractivity contribution in [2.45, 2.75) is 17.9 Å². The molecule has 0 radical (unpaired) electrons. The van der Waals surface area contributed by atoms with Gasteiger partial charge >= 0.3 is 0 Å². The lowest BCUT2D eigenvalue weighted by Crippen LogP contribution is -2.48. The summed E-state index contributed by atoms with van der Waals surface area (Å²) >= 11 is 0. The summed E-state index contributed by atoms with van der Waals surface area (Å²) in [4.78, 5) is 15.1. The molecule has 0 unspecified atom stereocenters. The predicted octanol–water partition coefficient (Wildman–Crippen LogP) is 3.17. The van der Waals surface area contributed by atoms with Gasteiger partial charge in [0.2, 0.25) is 10.0 Å². The Morgan fingerprint density at radius 3 is 2.29 bits per heavy atom. The topological polar surface area (TPSA) is 78.9 Å². The van der Waals surface area contributed by atoms with E-state index in [1.807, 2.05) is 42.5 Å². The number of amides is 1. The smallest absolute Gasteiger partial charge is 0.251 e. The standard InChI is InChI=1S/C27H31N3O4S/c1-34-25-12-10-22(11-13-25)14-15-28-27(31)24-8-5-9-26(20-24)35(32,33)30-18-16-29(17-19-30)21-23-6-3-2-4-7-23/h2-13,20H,14-19,21H2,1H3,(H,28,31). The molecule has 0 saturated carbocycles. The van der Waals surface area contributed by atoms with Crippen LogP contribution in [0.4, 0.5) is 0 Å². The number of rotatable bonds is 9.